The lowest BCUT2D eigenvalue weighted by Crippen LogP contribution is -2.34. The van der Waals surface area contributed by atoms with Crippen LogP contribution in [-0.2, 0) is 5.41 Å². The summed E-state index contributed by atoms with van der Waals surface area (Å²) in [4.78, 5) is 10.8. The van der Waals surface area contributed by atoms with Crippen LogP contribution in [0.15, 0.2) is 194 Å². The zero-order chi connectivity index (χ0) is 33.3. The number of para-hydroxylation sites is 2. The van der Waals surface area contributed by atoms with E-state index in [0.717, 1.165) is 73.0 Å². The first kappa shape index (κ1) is 29.6. The molecule has 0 spiro atoms. The van der Waals surface area contributed by atoms with Crippen LogP contribution >= 0.6 is 0 Å². The zero-order valence-corrected chi connectivity index (χ0v) is 27.3. The highest BCUT2D eigenvalue weighted by molar-refractivity contribution is 5.85. The first-order valence-electron chi connectivity index (χ1n) is 16.9. The summed E-state index contributed by atoms with van der Waals surface area (Å²) in [7, 11) is 0. The fourth-order valence-electron chi connectivity index (χ4n) is 7.48. The number of hydrogen-bond donors (Lipinski definition) is 0. The van der Waals surface area contributed by atoms with Gasteiger partial charge in [-0.2, -0.15) is 0 Å². The Balaban J connectivity index is 1.36. The molecule has 0 saturated carbocycles. The summed E-state index contributed by atoms with van der Waals surface area (Å²) in [6.45, 7) is 0. The van der Waals surface area contributed by atoms with Crippen LogP contribution in [0.1, 0.15) is 22.3 Å². The fourth-order valence-corrected chi connectivity index (χ4v) is 7.48. The van der Waals surface area contributed by atoms with Crippen LogP contribution in [0, 0.1) is 0 Å². The lowest BCUT2D eigenvalue weighted by Gasteiger charge is -2.42. The van der Waals surface area contributed by atoms with Gasteiger partial charge < -0.3 is 4.74 Å². The Morgan fingerprint density at radius 1 is 0.360 bits per heavy atom. The van der Waals surface area contributed by atoms with Gasteiger partial charge in [0.2, 0.25) is 0 Å². The Morgan fingerprint density at radius 2 is 0.820 bits per heavy atom. The van der Waals surface area contributed by atoms with Gasteiger partial charge >= 0.3 is 0 Å². The quantitative estimate of drug-likeness (QED) is 0.181. The van der Waals surface area contributed by atoms with Crippen LogP contribution in [0.2, 0.25) is 0 Å². The topological polar surface area (TPSA) is 35.0 Å². The van der Waals surface area contributed by atoms with E-state index in [9.17, 15) is 0 Å². The summed E-state index contributed by atoms with van der Waals surface area (Å²) in [6.07, 6.45) is 0. The van der Waals surface area contributed by atoms with Gasteiger partial charge in [-0.05, 0) is 40.5 Å². The van der Waals surface area contributed by atoms with Crippen molar-refractivity contribution in [3.63, 3.8) is 0 Å². The van der Waals surface area contributed by atoms with Crippen LogP contribution in [0.4, 0.5) is 0 Å². The molecule has 0 amide bonds. The largest absolute Gasteiger partial charge is 0.457 e. The van der Waals surface area contributed by atoms with E-state index in [0.29, 0.717) is 5.82 Å². The highest BCUT2D eigenvalue weighted by Crippen LogP contribution is 2.56. The maximum atomic E-state index is 6.60. The van der Waals surface area contributed by atoms with E-state index < -0.39 is 5.41 Å². The van der Waals surface area contributed by atoms with E-state index in [-0.39, 0.29) is 0 Å². The second-order valence-corrected chi connectivity index (χ2v) is 12.5. The number of nitrogens with zero attached hydrogens (tertiary/aromatic N) is 2. The second kappa shape index (κ2) is 12.5. The third kappa shape index (κ3) is 4.91. The predicted octanol–water partition coefficient (Wildman–Crippen LogP) is 11.6. The van der Waals surface area contributed by atoms with Crippen molar-refractivity contribution < 1.29 is 4.74 Å². The van der Waals surface area contributed by atoms with E-state index in [4.69, 9.17) is 14.7 Å². The first-order chi connectivity index (χ1) is 24.8. The van der Waals surface area contributed by atoms with Crippen molar-refractivity contribution in [1.29, 1.82) is 0 Å². The monoisotopic (exact) mass is 640 g/mol. The number of aromatic nitrogens is 2. The Labute approximate surface area is 292 Å². The molecule has 3 heteroatoms. The van der Waals surface area contributed by atoms with Crippen molar-refractivity contribution in [2.45, 2.75) is 5.41 Å². The van der Waals surface area contributed by atoms with Crippen LogP contribution in [-0.4, -0.2) is 9.97 Å². The molecule has 0 unspecified atom stereocenters. The van der Waals surface area contributed by atoms with Crippen molar-refractivity contribution >= 4 is 0 Å². The summed E-state index contributed by atoms with van der Waals surface area (Å²) in [5, 5.41) is 0. The molecule has 1 aliphatic rings. The van der Waals surface area contributed by atoms with Crippen LogP contribution < -0.4 is 4.74 Å². The second-order valence-electron chi connectivity index (χ2n) is 12.5. The van der Waals surface area contributed by atoms with Crippen molar-refractivity contribution in [2.24, 2.45) is 0 Å². The molecule has 3 nitrogen and oxygen atoms in total. The van der Waals surface area contributed by atoms with Crippen molar-refractivity contribution in [2.75, 3.05) is 0 Å². The Bertz CT molecular complexity index is 2410. The highest BCUT2D eigenvalue weighted by atomic mass is 16.5. The van der Waals surface area contributed by atoms with Gasteiger partial charge in [0, 0.05) is 27.8 Å². The van der Waals surface area contributed by atoms with Gasteiger partial charge in [-0.15, -0.1) is 0 Å². The number of rotatable bonds is 6. The summed E-state index contributed by atoms with van der Waals surface area (Å²) >= 11 is 0. The standard InChI is InChI=1S/C47H32N2O/c1-4-18-33(19-5-1)36-24-10-11-25-37(36)43-32-42(34-20-6-2-7-21-34)48-46(49-43)38-26-12-13-27-39(38)47(35-22-8-3-9-23-35)40-28-14-16-30-44(40)50-45-31-17-15-29-41(45)47/h1-32H. The Hall–Kier alpha value is -6.58. The van der Waals surface area contributed by atoms with Gasteiger partial charge in [0.05, 0.1) is 16.8 Å². The number of ether oxygens (including phenoxy) is 1. The lowest BCUT2D eigenvalue weighted by atomic mass is 9.62. The molecule has 0 radical (unpaired) electrons. The third-order valence-electron chi connectivity index (χ3n) is 9.66. The molecule has 1 aliphatic heterocycles. The van der Waals surface area contributed by atoms with Crippen LogP contribution in [0.3, 0.4) is 0 Å². The minimum Gasteiger partial charge on any atom is -0.457 e. The highest BCUT2D eigenvalue weighted by Gasteiger charge is 2.46. The van der Waals surface area contributed by atoms with Crippen molar-refractivity contribution in [1.82, 2.24) is 9.97 Å². The smallest absolute Gasteiger partial charge is 0.160 e. The molecule has 9 rings (SSSR count). The average molecular weight is 641 g/mol. The number of hydrogen-bond acceptors (Lipinski definition) is 3. The van der Waals surface area contributed by atoms with E-state index >= 15 is 0 Å². The molecule has 0 N–H and O–H groups in total. The molecule has 0 fully saturated rings. The van der Waals surface area contributed by atoms with Gasteiger partial charge in [0.25, 0.3) is 0 Å². The molecule has 50 heavy (non-hydrogen) atoms. The predicted molar refractivity (Wildman–Crippen MR) is 202 cm³/mol. The average Bonchev–Trinajstić information content (AvgIpc) is 3.21. The molecule has 8 aromatic rings. The molecular formula is C47H32N2O. The SMILES string of the molecule is c1ccc(-c2cc(-c3ccccc3-c3ccccc3)nc(-c3ccccc3C3(c4ccccc4)c4ccccc4Oc4ccccc43)n2)cc1. The molecule has 0 bridgehead atoms. The van der Waals surface area contributed by atoms with Gasteiger partial charge in [0.15, 0.2) is 5.82 Å². The molecular weight excluding hydrogens is 609 g/mol. The first-order valence-corrected chi connectivity index (χ1v) is 16.9. The van der Waals surface area contributed by atoms with Gasteiger partial charge in [-0.3, -0.25) is 0 Å². The normalized spacial score (nSPS) is 12.7. The summed E-state index contributed by atoms with van der Waals surface area (Å²) in [5.41, 5.74) is 10.7. The maximum Gasteiger partial charge on any atom is 0.160 e. The van der Waals surface area contributed by atoms with E-state index in [2.05, 4.69) is 176 Å². The van der Waals surface area contributed by atoms with Gasteiger partial charge in [-0.1, -0.05) is 176 Å². The Kier molecular flexibility index (Phi) is 7.37. The zero-order valence-electron chi connectivity index (χ0n) is 27.3. The number of benzene rings is 7. The molecule has 2 heterocycles. The third-order valence-corrected chi connectivity index (χ3v) is 9.66. The summed E-state index contributed by atoms with van der Waals surface area (Å²) < 4.78 is 6.60. The molecule has 1 aromatic heterocycles. The summed E-state index contributed by atoms with van der Waals surface area (Å²) in [6, 6.07) is 67.7. The molecule has 0 atom stereocenters. The minimum atomic E-state index is -0.711. The minimum absolute atomic E-state index is 0.663. The van der Waals surface area contributed by atoms with Gasteiger partial charge in [-0.25, -0.2) is 9.97 Å². The van der Waals surface area contributed by atoms with E-state index in [1.807, 2.05) is 18.2 Å². The molecule has 0 saturated heterocycles. The van der Waals surface area contributed by atoms with Crippen molar-refractivity contribution in [3.05, 3.63) is 216 Å². The maximum absolute atomic E-state index is 6.60. The van der Waals surface area contributed by atoms with E-state index in [1.165, 1.54) is 0 Å². The molecule has 236 valence electrons. The Morgan fingerprint density at radius 3 is 1.46 bits per heavy atom. The van der Waals surface area contributed by atoms with Crippen LogP contribution in [0.5, 0.6) is 11.5 Å². The fraction of sp³-hybridized carbons (Fsp3) is 0.0213. The van der Waals surface area contributed by atoms with Gasteiger partial charge in [0.1, 0.15) is 11.5 Å². The molecule has 7 aromatic carbocycles. The summed E-state index contributed by atoms with van der Waals surface area (Å²) in [5.74, 6) is 2.33. The van der Waals surface area contributed by atoms with E-state index in [1.54, 1.807) is 0 Å². The van der Waals surface area contributed by atoms with Crippen molar-refractivity contribution in [3.8, 4) is 56.5 Å². The van der Waals surface area contributed by atoms with Crippen LogP contribution in [0.25, 0.3) is 45.0 Å². The lowest BCUT2D eigenvalue weighted by molar-refractivity contribution is 0.434. The molecule has 0 aliphatic carbocycles. The number of fused-ring (bicyclic) bond motifs is 2.